The third kappa shape index (κ3) is 4.72. The summed E-state index contributed by atoms with van der Waals surface area (Å²) in [5.41, 5.74) is 1.44. The number of hydrogen-bond acceptors (Lipinski definition) is 4. The van der Waals surface area contributed by atoms with Gasteiger partial charge in [-0.1, -0.05) is 25.0 Å². The normalized spacial score (nSPS) is 27.2. The average Bonchev–Trinajstić information content (AvgIpc) is 2.61. The van der Waals surface area contributed by atoms with Crippen LogP contribution in [-0.4, -0.2) is 66.0 Å². The first-order valence-electron chi connectivity index (χ1n) is 9.03. The van der Waals surface area contributed by atoms with E-state index >= 15 is 0 Å². The second-order valence-corrected chi connectivity index (χ2v) is 7.77. The second kappa shape index (κ2) is 8.52. The number of benzene rings is 1. The number of nitrogens with zero attached hydrogens (tertiary/aromatic N) is 2. The topological polar surface area (TPSA) is 26.7 Å². The van der Waals surface area contributed by atoms with E-state index in [4.69, 9.17) is 0 Å². The molecular formula is C19H30N2OS. The summed E-state index contributed by atoms with van der Waals surface area (Å²) in [7, 11) is 0. The molecule has 1 aromatic rings. The Bertz CT molecular complexity index is 471. The fourth-order valence-corrected chi connectivity index (χ4v) is 4.32. The molecule has 1 aliphatic carbocycles. The Kier molecular flexibility index (Phi) is 6.40. The molecule has 128 valence electrons. The van der Waals surface area contributed by atoms with Gasteiger partial charge >= 0.3 is 0 Å². The Balaban J connectivity index is 1.42. The first-order valence-corrected chi connectivity index (χ1v) is 10.3. The maximum Gasteiger partial charge on any atom is 0.0695 e. The zero-order valence-corrected chi connectivity index (χ0v) is 15.1. The van der Waals surface area contributed by atoms with E-state index in [1.807, 2.05) is 0 Å². The van der Waals surface area contributed by atoms with E-state index in [2.05, 4.69) is 40.3 Å². The maximum atomic E-state index is 10.2. The summed E-state index contributed by atoms with van der Waals surface area (Å²) in [6.45, 7) is 5.68. The number of piperazine rings is 1. The summed E-state index contributed by atoms with van der Waals surface area (Å²) >= 11 is 1.80. The molecule has 3 rings (SSSR count). The number of aliphatic hydroxyl groups is 1. The largest absolute Gasteiger partial charge is 0.391 e. The zero-order chi connectivity index (χ0) is 16.1. The van der Waals surface area contributed by atoms with E-state index < -0.39 is 0 Å². The van der Waals surface area contributed by atoms with Gasteiger partial charge < -0.3 is 10.0 Å². The van der Waals surface area contributed by atoms with E-state index in [9.17, 15) is 5.11 Å². The van der Waals surface area contributed by atoms with Crippen LogP contribution in [0.1, 0.15) is 31.2 Å². The molecule has 2 fully saturated rings. The smallest absolute Gasteiger partial charge is 0.0695 e. The lowest BCUT2D eigenvalue weighted by molar-refractivity contribution is -0.00329. The minimum Gasteiger partial charge on any atom is -0.391 e. The second-order valence-electron chi connectivity index (χ2n) is 6.89. The summed E-state index contributed by atoms with van der Waals surface area (Å²) in [5.74, 6) is 0. The summed E-state index contributed by atoms with van der Waals surface area (Å²) in [6, 6.07) is 9.40. The Morgan fingerprint density at radius 1 is 1.04 bits per heavy atom. The molecule has 0 aromatic heterocycles. The Morgan fingerprint density at radius 3 is 2.39 bits per heavy atom. The molecule has 1 N–H and O–H groups in total. The predicted molar refractivity (Wildman–Crippen MR) is 98.2 cm³/mol. The maximum absolute atomic E-state index is 10.2. The van der Waals surface area contributed by atoms with Crippen molar-refractivity contribution in [2.24, 2.45) is 0 Å². The monoisotopic (exact) mass is 334 g/mol. The van der Waals surface area contributed by atoms with Crippen LogP contribution in [-0.2, 0) is 6.42 Å². The molecule has 1 saturated heterocycles. The Hall–Kier alpha value is -0.550. The van der Waals surface area contributed by atoms with Crippen molar-refractivity contribution in [3.63, 3.8) is 0 Å². The molecule has 0 bridgehead atoms. The molecule has 0 unspecified atom stereocenters. The average molecular weight is 335 g/mol. The minimum absolute atomic E-state index is 0.0924. The van der Waals surface area contributed by atoms with Crippen molar-refractivity contribution in [2.75, 3.05) is 39.0 Å². The number of rotatable bonds is 5. The number of hydrogen-bond donors (Lipinski definition) is 1. The molecule has 1 saturated carbocycles. The Labute approximate surface area is 145 Å². The molecule has 23 heavy (non-hydrogen) atoms. The van der Waals surface area contributed by atoms with Gasteiger partial charge in [-0.3, -0.25) is 4.90 Å². The zero-order valence-electron chi connectivity index (χ0n) is 14.3. The van der Waals surface area contributed by atoms with Crippen LogP contribution in [0, 0.1) is 0 Å². The van der Waals surface area contributed by atoms with E-state index in [-0.39, 0.29) is 6.10 Å². The third-order valence-corrected chi connectivity index (χ3v) is 6.19. The van der Waals surface area contributed by atoms with E-state index in [0.717, 1.165) is 45.6 Å². The fraction of sp³-hybridized carbons (Fsp3) is 0.684. The lowest BCUT2D eigenvalue weighted by atomic mass is 9.91. The van der Waals surface area contributed by atoms with Crippen molar-refractivity contribution in [1.82, 2.24) is 9.80 Å². The molecule has 0 amide bonds. The first kappa shape index (κ1) is 17.3. The molecule has 1 aliphatic heterocycles. The molecule has 2 aliphatic rings. The Morgan fingerprint density at radius 2 is 1.74 bits per heavy atom. The van der Waals surface area contributed by atoms with Gasteiger partial charge in [-0.15, -0.1) is 11.8 Å². The molecule has 2 atom stereocenters. The minimum atomic E-state index is -0.0924. The molecule has 3 nitrogen and oxygen atoms in total. The molecule has 0 radical (unpaired) electrons. The predicted octanol–water partition coefficient (Wildman–Crippen LogP) is 2.87. The van der Waals surface area contributed by atoms with Crippen molar-refractivity contribution in [1.29, 1.82) is 0 Å². The lowest BCUT2D eigenvalue weighted by Crippen LogP contribution is -2.54. The summed E-state index contributed by atoms with van der Waals surface area (Å²) < 4.78 is 0. The lowest BCUT2D eigenvalue weighted by Gasteiger charge is -2.42. The summed E-state index contributed by atoms with van der Waals surface area (Å²) in [4.78, 5) is 6.45. The van der Waals surface area contributed by atoms with Crippen molar-refractivity contribution in [3.05, 3.63) is 29.8 Å². The van der Waals surface area contributed by atoms with Crippen LogP contribution in [0.4, 0.5) is 0 Å². The van der Waals surface area contributed by atoms with Gasteiger partial charge in [-0.2, -0.15) is 0 Å². The van der Waals surface area contributed by atoms with Gasteiger partial charge in [0.1, 0.15) is 0 Å². The van der Waals surface area contributed by atoms with Gasteiger partial charge in [0.15, 0.2) is 0 Å². The van der Waals surface area contributed by atoms with Gasteiger partial charge in [0.25, 0.3) is 0 Å². The van der Waals surface area contributed by atoms with Crippen LogP contribution in [0.5, 0.6) is 0 Å². The van der Waals surface area contributed by atoms with Crippen molar-refractivity contribution in [2.45, 2.75) is 49.1 Å². The van der Waals surface area contributed by atoms with Crippen molar-refractivity contribution in [3.8, 4) is 0 Å². The van der Waals surface area contributed by atoms with E-state index in [1.165, 1.54) is 29.7 Å². The number of aliphatic hydroxyl groups excluding tert-OH is 1. The SMILES string of the molecule is CSc1ccc(CCN2CCN([C@H]3CCCC[C@@H]3O)CC2)cc1. The van der Waals surface area contributed by atoms with Crippen LogP contribution in [0.3, 0.4) is 0 Å². The highest BCUT2D eigenvalue weighted by molar-refractivity contribution is 7.98. The van der Waals surface area contributed by atoms with Crippen LogP contribution in [0.15, 0.2) is 29.2 Å². The fourth-order valence-electron chi connectivity index (χ4n) is 3.92. The highest BCUT2D eigenvalue weighted by atomic mass is 32.2. The van der Waals surface area contributed by atoms with Crippen molar-refractivity contribution >= 4 is 11.8 Å². The van der Waals surface area contributed by atoms with Crippen LogP contribution < -0.4 is 0 Å². The highest BCUT2D eigenvalue weighted by Gasteiger charge is 2.30. The van der Waals surface area contributed by atoms with Crippen molar-refractivity contribution < 1.29 is 5.11 Å². The van der Waals surface area contributed by atoms with Gasteiger partial charge in [-0.05, 0) is 43.2 Å². The van der Waals surface area contributed by atoms with Crippen LogP contribution in [0.25, 0.3) is 0 Å². The standard InChI is InChI=1S/C19H30N2OS/c1-23-17-8-6-16(7-9-17)10-11-20-12-14-21(15-13-20)18-4-2-3-5-19(18)22/h6-9,18-19,22H,2-5,10-15H2,1H3/t18-,19-/m0/s1. The molecular weight excluding hydrogens is 304 g/mol. The molecule has 4 heteroatoms. The summed E-state index contributed by atoms with van der Waals surface area (Å²) in [6.07, 6.45) is 7.84. The molecule has 0 spiro atoms. The van der Waals surface area contributed by atoms with Gasteiger partial charge in [0.2, 0.25) is 0 Å². The van der Waals surface area contributed by atoms with E-state index in [1.54, 1.807) is 11.8 Å². The van der Waals surface area contributed by atoms with Gasteiger partial charge in [0.05, 0.1) is 6.10 Å². The van der Waals surface area contributed by atoms with Crippen LogP contribution >= 0.6 is 11.8 Å². The first-order chi connectivity index (χ1) is 11.3. The van der Waals surface area contributed by atoms with E-state index in [0.29, 0.717) is 6.04 Å². The third-order valence-electron chi connectivity index (χ3n) is 5.45. The van der Waals surface area contributed by atoms with Gasteiger partial charge in [-0.25, -0.2) is 0 Å². The quantitative estimate of drug-likeness (QED) is 0.838. The van der Waals surface area contributed by atoms with Gasteiger partial charge in [0, 0.05) is 43.7 Å². The molecule has 1 heterocycles. The number of thioether (sulfide) groups is 1. The molecule has 1 aromatic carbocycles. The summed E-state index contributed by atoms with van der Waals surface area (Å²) in [5, 5.41) is 10.2. The van der Waals surface area contributed by atoms with Crippen LogP contribution in [0.2, 0.25) is 0 Å². The highest BCUT2D eigenvalue weighted by Crippen LogP contribution is 2.24.